The number of aliphatic hydroxyl groups is 1. The molecule has 0 aliphatic heterocycles. The van der Waals surface area contributed by atoms with Gasteiger partial charge in [0.1, 0.15) is 28.7 Å². The summed E-state index contributed by atoms with van der Waals surface area (Å²) in [7, 11) is -2.78. The topological polar surface area (TPSA) is 138 Å². The summed E-state index contributed by atoms with van der Waals surface area (Å²) in [5, 5.41) is 11.5. The monoisotopic (exact) mass is 668 g/mol. The molecular formula is C36H33FN4O6S. The van der Waals surface area contributed by atoms with Gasteiger partial charge in [-0.05, 0) is 36.2 Å². The van der Waals surface area contributed by atoms with Gasteiger partial charge < -0.3 is 29.4 Å². The summed E-state index contributed by atoms with van der Waals surface area (Å²) in [4.78, 5) is 23.8. The standard InChI is InChI=1S/C36H33FN4O6S/c1-36(43,26-13-7-4-8-14-26)31-22-39-34(40-31)25-12-9-15-27(20-25)47-32-29(37)21-30-28(16-17-38-30)33(32)48(44,45)19-18-41(2)35(42)46-23-24-10-5-3-6-11-24/h3-17,20-22,38,43H,18-19,23H2,1-2H3,(H,39,40). The van der Waals surface area contributed by atoms with Crippen LogP contribution in [0.1, 0.15) is 23.7 Å². The van der Waals surface area contributed by atoms with Gasteiger partial charge in [0.05, 0.1) is 17.6 Å². The second-order valence-corrected chi connectivity index (χ2v) is 13.5. The van der Waals surface area contributed by atoms with E-state index in [9.17, 15) is 18.3 Å². The maximum Gasteiger partial charge on any atom is 0.409 e. The summed E-state index contributed by atoms with van der Waals surface area (Å²) in [6.07, 6.45) is 2.35. The Labute approximate surface area is 276 Å². The average Bonchev–Trinajstić information content (AvgIpc) is 3.78. The van der Waals surface area contributed by atoms with Crippen molar-refractivity contribution in [3.8, 4) is 22.9 Å². The van der Waals surface area contributed by atoms with Crippen molar-refractivity contribution in [3.63, 3.8) is 0 Å². The van der Waals surface area contributed by atoms with E-state index in [-0.39, 0.29) is 34.7 Å². The summed E-state index contributed by atoms with van der Waals surface area (Å²) in [5.41, 5.74) is 1.42. The van der Waals surface area contributed by atoms with Gasteiger partial charge in [0, 0.05) is 42.3 Å². The van der Waals surface area contributed by atoms with Gasteiger partial charge in [-0.25, -0.2) is 22.6 Å². The fourth-order valence-electron chi connectivity index (χ4n) is 5.26. The Hall–Kier alpha value is -5.46. The van der Waals surface area contributed by atoms with Gasteiger partial charge >= 0.3 is 6.09 Å². The minimum Gasteiger partial charge on any atom is -0.453 e. The second kappa shape index (κ2) is 13.3. The molecule has 12 heteroatoms. The van der Waals surface area contributed by atoms with Crippen molar-refractivity contribution in [2.75, 3.05) is 19.3 Å². The van der Waals surface area contributed by atoms with Gasteiger partial charge in [0.2, 0.25) is 0 Å². The van der Waals surface area contributed by atoms with Crippen LogP contribution < -0.4 is 4.74 Å². The molecule has 1 unspecified atom stereocenters. The number of carbonyl (C=O) groups excluding carboxylic acids is 1. The smallest absolute Gasteiger partial charge is 0.409 e. The molecular weight excluding hydrogens is 635 g/mol. The molecule has 48 heavy (non-hydrogen) atoms. The Morgan fingerprint density at radius 3 is 2.48 bits per heavy atom. The third-order valence-corrected chi connectivity index (χ3v) is 9.75. The van der Waals surface area contributed by atoms with E-state index in [1.807, 2.05) is 60.7 Å². The van der Waals surface area contributed by atoms with Crippen LogP contribution in [-0.2, 0) is 26.8 Å². The van der Waals surface area contributed by atoms with Crippen LogP contribution in [0.2, 0.25) is 0 Å². The maximum absolute atomic E-state index is 15.6. The Balaban J connectivity index is 1.24. The molecule has 0 aliphatic carbocycles. The fourth-order valence-corrected chi connectivity index (χ4v) is 6.92. The molecule has 0 radical (unpaired) electrons. The number of halogens is 1. The highest BCUT2D eigenvalue weighted by Gasteiger charge is 2.30. The first-order valence-electron chi connectivity index (χ1n) is 15.1. The van der Waals surface area contributed by atoms with E-state index < -0.39 is 38.9 Å². The number of amides is 1. The van der Waals surface area contributed by atoms with E-state index in [0.717, 1.165) is 10.5 Å². The van der Waals surface area contributed by atoms with Crippen LogP contribution in [-0.4, -0.2) is 58.8 Å². The number of aromatic nitrogens is 3. The van der Waals surface area contributed by atoms with E-state index in [2.05, 4.69) is 15.0 Å². The number of sulfone groups is 1. The molecule has 6 aromatic rings. The molecule has 1 atom stereocenters. The van der Waals surface area contributed by atoms with Crippen molar-refractivity contribution in [2.45, 2.75) is 24.0 Å². The Morgan fingerprint density at radius 2 is 1.73 bits per heavy atom. The fraction of sp³-hybridized carbons (Fsp3) is 0.167. The van der Waals surface area contributed by atoms with E-state index in [1.165, 1.54) is 31.6 Å². The zero-order valence-electron chi connectivity index (χ0n) is 26.2. The van der Waals surface area contributed by atoms with Crippen LogP contribution in [0.3, 0.4) is 0 Å². The first-order chi connectivity index (χ1) is 23.0. The van der Waals surface area contributed by atoms with Crippen LogP contribution in [0.5, 0.6) is 11.5 Å². The van der Waals surface area contributed by atoms with Crippen LogP contribution in [0, 0.1) is 5.82 Å². The molecule has 10 nitrogen and oxygen atoms in total. The highest BCUT2D eigenvalue weighted by molar-refractivity contribution is 7.91. The minimum absolute atomic E-state index is 0.0351. The predicted octanol–water partition coefficient (Wildman–Crippen LogP) is 6.79. The molecule has 3 N–H and O–H groups in total. The quantitative estimate of drug-likeness (QED) is 0.138. The molecule has 246 valence electrons. The maximum atomic E-state index is 15.6. The van der Waals surface area contributed by atoms with Gasteiger partial charge in [0.25, 0.3) is 0 Å². The first kappa shape index (κ1) is 32.5. The number of H-pyrrole nitrogens is 2. The van der Waals surface area contributed by atoms with Crippen molar-refractivity contribution in [2.24, 2.45) is 0 Å². The molecule has 0 aliphatic rings. The van der Waals surface area contributed by atoms with E-state index in [4.69, 9.17) is 9.47 Å². The number of hydrogen-bond acceptors (Lipinski definition) is 7. The number of aromatic amines is 2. The first-order valence-corrected chi connectivity index (χ1v) is 16.7. The number of fused-ring (bicyclic) bond motifs is 1. The molecule has 4 aromatic carbocycles. The van der Waals surface area contributed by atoms with E-state index in [1.54, 1.807) is 31.2 Å². The minimum atomic E-state index is -4.21. The molecule has 2 aromatic heterocycles. The van der Waals surface area contributed by atoms with Crippen molar-refractivity contribution >= 4 is 26.8 Å². The molecule has 0 fully saturated rings. The third-order valence-electron chi connectivity index (χ3n) is 8.00. The second-order valence-electron chi connectivity index (χ2n) is 11.4. The van der Waals surface area contributed by atoms with E-state index >= 15 is 4.39 Å². The van der Waals surface area contributed by atoms with Crippen molar-refractivity contribution in [1.82, 2.24) is 19.9 Å². The lowest BCUT2D eigenvalue weighted by molar-refractivity contribution is 0.0979. The summed E-state index contributed by atoms with van der Waals surface area (Å²) >= 11 is 0. The van der Waals surface area contributed by atoms with Gasteiger partial charge in [-0.15, -0.1) is 0 Å². The van der Waals surface area contributed by atoms with Gasteiger partial charge in [-0.1, -0.05) is 72.8 Å². The number of nitrogens with zero attached hydrogens (tertiary/aromatic N) is 2. The number of nitrogens with one attached hydrogen (secondary N) is 2. The Bertz CT molecular complexity index is 2170. The zero-order chi connectivity index (χ0) is 33.9. The van der Waals surface area contributed by atoms with Crippen LogP contribution >= 0.6 is 0 Å². The summed E-state index contributed by atoms with van der Waals surface area (Å²) in [6, 6.07) is 27.5. The molecule has 2 heterocycles. The molecule has 0 saturated carbocycles. The number of rotatable bonds is 11. The van der Waals surface area contributed by atoms with Gasteiger partial charge in [-0.3, -0.25) is 0 Å². The molecule has 0 bridgehead atoms. The zero-order valence-corrected chi connectivity index (χ0v) is 27.0. The van der Waals surface area contributed by atoms with Crippen LogP contribution in [0.15, 0.2) is 114 Å². The highest BCUT2D eigenvalue weighted by atomic mass is 32.2. The molecule has 0 spiro atoms. The summed E-state index contributed by atoms with van der Waals surface area (Å²) in [5.74, 6) is -1.29. The lowest BCUT2D eigenvalue weighted by Crippen LogP contribution is -2.32. The van der Waals surface area contributed by atoms with Gasteiger partial charge in [-0.2, -0.15) is 0 Å². The summed E-state index contributed by atoms with van der Waals surface area (Å²) in [6.45, 7) is 1.49. The summed E-state index contributed by atoms with van der Waals surface area (Å²) < 4.78 is 54.6. The van der Waals surface area contributed by atoms with Crippen molar-refractivity contribution in [1.29, 1.82) is 0 Å². The van der Waals surface area contributed by atoms with Crippen molar-refractivity contribution in [3.05, 3.63) is 132 Å². The van der Waals surface area contributed by atoms with Crippen LogP contribution in [0.4, 0.5) is 9.18 Å². The largest absolute Gasteiger partial charge is 0.453 e. The number of imidazole rings is 1. The van der Waals surface area contributed by atoms with Crippen LogP contribution in [0.25, 0.3) is 22.3 Å². The van der Waals surface area contributed by atoms with E-state index in [0.29, 0.717) is 22.6 Å². The van der Waals surface area contributed by atoms with Gasteiger partial charge in [0.15, 0.2) is 21.4 Å². The lowest BCUT2D eigenvalue weighted by atomic mass is 9.93. The normalized spacial score (nSPS) is 12.8. The SMILES string of the molecule is CN(CCS(=O)(=O)c1c(Oc2cccc(-c3ncc(C(C)(O)c4ccccc4)[nH]3)c2)c(F)cc2[nH]ccc12)C(=O)OCc1ccccc1. The molecule has 6 rings (SSSR count). The number of hydrogen-bond donors (Lipinski definition) is 3. The number of carbonyl (C=O) groups is 1. The number of benzene rings is 4. The predicted molar refractivity (Wildman–Crippen MR) is 179 cm³/mol. The lowest BCUT2D eigenvalue weighted by Gasteiger charge is -2.22. The average molecular weight is 669 g/mol. The third kappa shape index (κ3) is 6.80. The Morgan fingerprint density at radius 1 is 1.00 bits per heavy atom. The number of ether oxygens (including phenoxy) is 2. The molecule has 1 amide bonds. The Kier molecular flexibility index (Phi) is 9.03. The van der Waals surface area contributed by atoms with Crippen molar-refractivity contribution < 1.29 is 32.2 Å². The highest BCUT2D eigenvalue weighted by Crippen LogP contribution is 2.39. The molecule has 0 saturated heterocycles.